The molecular weight excluding hydrogens is 328 g/mol. The van der Waals surface area contributed by atoms with E-state index in [2.05, 4.69) is 36.1 Å². The third kappa shape index (κ3) is 3.01. The van der Waals surface area contributed by atoms with Crippen LogP contribution in [0.4, 0.5) is 14.5 Å². The highest BCUT2D eigenvalue weighted by atomic mass is 19.1. The first-order chi connectivity index (χ1) is 12.6. The van der Waals surface area contributed by atoms with E-state index in [1.54, 1.807) is 0 Å². The summed E-state index contributed by atoms with van der Waals surface area (Å²) < 4.78 is 28.0. The van der Waals surface area contributed by atoms with Crippen molar-refractivity contribution in [3.8, 4) is 0 Å². The highest BCUT2D eigenvalue weighted by Gasteiger charge is 2.29. The summed E-state index contributed by atoms with van der Waals surface area (Å²) in [5.74, 6) is -0.816. The smallest absolute Gasteiger partial charge is 0.130 e. The van der Waals surface area contributed by atoms with Crippen LogP contribution in [0.2, 0.25) is 0 Å². The summed E-state index contributed by atoms with van der Waals surface area (Å²) in [4.78, 5) is 2.24. The molecule has 0 fully saturated rings. The van der Waals surface area contributed by atoms with Crippen LogP contribution < -0.4 is 4.90 Å². The Morgan fingerprint density at radius 2 is 1.62 bits per heavy atom. The minimum atomic E-state index is -0.423. The maximum Gasteiger partial charge on any atom is 0.130 e. The first-order valence-corrected chi connectivity index (χ1v) is 8.67. The fourth-order valence-electron chi connectivity index (χ4n) is 3.58. The lowest BCUT2D eigenvalue weighted by Crippen LogP contribution is -2.24. The van der Waals surface area contributed by atoms with Crippen LogP contribution in [0.15, 0.2) is 78.9 Å². The van der Waals surface area contributed by atoms with Crippen molar-refractivity contribution in [1.82, 2.24) is 0 Å². The second-order valence-electron chi connectivity index (χ2n) is 6.59. The zero-order valence-electron chi connectivity index (χ0n) is 14.5. The van der Waals surface area contributed by atoms with E-state index >= 15 is 0 Å². The molecule has 0 radical (unpaired) electrons. The van der Waals surface area contributed by atoms with Crippen LogP contribution >= 0.6 is 0 Å². The van der Waals surface area contributed by atoms with E-state index in [9.17, 15) is 8.78 Å². The molecule has 1 nitrogen and oxygen atoms in total. The van der Waals surface area contributed by atoms with Gasteiger partial charge in [-0.3, -0.25) is 0 Å². The van der Waals surface area contributed by atoms with Crippen molar-refractivity contribution in [3.05, 3.63) is 107 Å². The molecule has 3 aromatic rings. The quantitative estimate of drug-likeness (QED) is 0.568. The summed E-state index contributed by atoms with van der Waals surface area (Å²) in [6, 6.07) is 21.9. The predicted molar refractivity (Wildman–Crippen MR) is 102 cm³/mol. The molecule has 0 aliphatic carbocycles. The van der Waals surface area contributed by atoms with Gasteiger partial charge in [0, 0.05) is 17.8 Å². The van der Waals surface area contributed by atoms with E-state index in [0.29, 0.717) is 12.1 Å². The average molecular weight is 347 g/mol. The third-order valence-electron chi connectivity index (χ3n) is 4.88. The van der Waals surface area contributed by atoms with Gasteiger partial charge in [-0.1, -0.05) is 54.6 Å². The maximum absolute atomic E-state index is 14.3. The van der Waals surface area contributed by atoms with Crippen molar-refractivity contribution in [1.29, 1.82) is 0 Å². The van der Waals surface area contributed by atoms with E-state index in [1.165, 1.54) is 12.1 Å². The summed E-state index contributed by atoms with van der Waals surface area (Å²) in [5, 5.41) is 0. The molecule has 0 N–H and O–H groups in total. The van der Waals surface area contributed by atoms with Gasteiger partial charge in [-0.15, -0.1) is 0 Å². The van der Waals surface area contributed by atoms with E-state index in [0.717, 1.165) is 28.5 Å². The lowest BCUT2D eigenvalue weighted by Gasteiger charge is -2.29. The van der Waals surface area contributed by atoms with Gasteiger partial charge in [-0.25, -0.2) is 8.78 Å². The Bertz CT molecular complexity index is 963. The van der Waals surface area contributed by atoms with Crippen molar-refractivity contribution in [3.63, 3.8) is 0 Å². The Kier molecular flexibility index (Phi) is 4.29. The normalized spacial score (nSPS) is 16.7. The minimum absolute atomic E-state index is 0.0185. The maximum atomic E-state index is 14.3. The highest BCUT2D eigenvalue weighted by Crippen LogP contribution is 2.39. The Hall–Kier alpha value is -2.94. The fourth-order valence-corrected chi connectivity index (χ4v) is 3.58. The van der Waals surface area contributed by atoms with Crippen molar-refractivity contribution >= 4 is 11.3 Å². The number of aryl methyl sites for hydroxylation is 1. The molecule has 1 atom stereocenters. The Balaban J connectivity index is 1.81. The van der Waals surface area contributed by atoms with Crippen molar-refractivity contribution in [2.75, 3.05) is 11.4 Å². The standard InChI is InChI=1S/C23H19F2N/c1-16-7-5-6-10-22(16)26-15-18(20-14-19(24)11-12-21(20)25)13-23(26)17-8-3-2-4-9-17/h2-14,23H,15H2,1H3. The number of rotatable bonds is 3. The molecule has 3 aromatic carbocycles. The van der Waals surface area contributed by atoms with Gasteiger partial charge >= 0.3 is 0 Å². The molecular formula is C23H19F2N. The van der Waals surface area contributed by atoms with Crippen molar-refractivity contribution in [2.24, 2.45) is 0 Å². The zero-order valence-corrected chi connectivity index (χ0v) is 14.5. The van der Waals surface area contributed by atoms with Crippen molar-refractivity contribution in [2.45, 2.75) is 13.0 Å². The number of hydrogen-bond acceptors (Lipinski definition) is 1. The first kappa shape index (κ1) is 16.5. The molecule has 130 valence electrons. The summed E-state index contributed by atoms with van der Waals surface area (Å²) >= 11 is 0. The molecule has 1 aliphatic rings. The molecule has 1 heterocycles. The largest absolute Gasteiger partial charge is 0.356 e. The summed E-state index contributed by atoms with van der Waals surface area (Å²) in [6.45, 7) is 2.60. The Labute approximate surface area is 152 Å². The second-order valence-corrected chi connectivity index (χ2v) is 6.59. The molecule has 0 bridgehead atoms. The van der Waals surface area contributed by atoms with Gasteiger partial charge in [-0.05, 0) is 47.9 Å². The lowest BCUT2D eigenvalue weighted by molar-refractivity contribution is 0.596. The average Bonchev–Trinajstić information content (AvgIpc) is 3.10. The SMILES string of the molecule is Cc1ccccc1N1CC(c2cc(F)ccc2F)=CC1c1ccccc1. The summed E-state index contributed by atoms with van der Waals surface area (Å²) in [5.41, 5.74) is 4.52. The van der Waals surface area contributed by atoms with Gasteiger partial charge in [0.15, 0.2) is 0 Å². The van der Waals surface area contributed by atoms with Crippen LogP contribution in [-0.2, 0) is 0 Å². The number of hydrogen-bond donors (Lipinski definition) is 0. The fraction of sp³-hybridized carbons (Fsp3) is 0.130. The topological polar surface area (TPSA) is 3.24 Å². The molecule has 0 saturated carbocycles. The van der Waals surface area contributed by atoms with Crippen LogP contribution in [0.1, 0.15) is 22.7 Å². The van der Waals surface area contributed by atoms with Gasteiger partial charge in [0.25, 0.3) is 0 Å². The molecule has 0 spiro atoms. The van der Waals surface area contributed by atoms with Crippen LogP contribution in [0.3, 0.4) is 0 Å². The monoisotopic (exact) mass is 347 g/mol. The molecule has 0 amide bonds. The number of nitrogens with zero attached hydrogens (tertiary/aromatic N) is 1. The molecule has 0 aromatic heterocycles. The first-order valence-electron chi connectivity index (χ1n) is 8.67. The molecule has 4 rings (SSSR count). The number of para-hydroxylation sites is 1. The van der Waals surface area contributed by atoms with E-state index < -0.39 is 11.6 Å². The van der Waals surface area contributed by atoms with E-state index in [-0.39, 0.29) is 6.04 Å². The highest BCUT2D eigenvalue weighted by molar-refractivity contribution is 5.77. The van der Waals surface area contributed by atoms with E-state index in [4.69, 9.17) is 0 Å². The van der Waals surface area contributed by atoms with Crippen LogP contribution in [-0.4, -0.2) is 6.54 Å². The van der Waals surface area contributed by atoms with Gasteiger partial charge in [0.2, 0.25) is 0 Å². The molecule has 0 saturated heterocycles. The number of benzene rings is 3. The third-order valence-corrected chi connectivity index (χ3v) is 4.88. The van der Waals surface area contributed by atoms with Gasteiger partial charge in [0.05, 0.1) is 6.04 Å². The van der Waals surface area contributed by atoms with Gasteiger partial charge < -0.3 is 4.90 Å². The molecule has 1 unspecified atom stereocenters. The summed E-state index contributed by atoms with van der Waals surface area (Å²) in [6.07, 6.45) is 2.04. The van der Waals surface area contributed by atoms with Crippen molar-refractivity contribution < 1.29 is 8.78 Å². The molecule has 1 aliphatic heterocycles. The lowest BCUT2D eigenvalue weighted by atomic mass is 10.0. The molecule has 3 heteroatoms. The van der Waals surface area contributed by atoms with Gasteiger partial charge in [0.1, 0.15) is 11.6 Å². The van der Waals surface area contributed by atoms with Crippen LogP contribution in [0.5, 0.6) is 0 Å². The van der Waals surface area contributed by atoms with Gasteiger partial charge in [-0.2, -0.15) is 0 Å². The predicted octanol–water partition coefficient (Wildman–Crippen LogP) is 5.92. The number of anilines is 1. The van der Waals surface area contributed by atoms with Crippen LogP contribution in [0.25, 0.3) is 5.57 Å². The Morgan fingerprint density at radius 1 is 0.885 bits per heavy atom. The zero-order chi connectivity index (χ0) is 18.1. The Morgan fingerprint density at radius 3 is 2.38 bits per heavy atom. The number of halogens is 2. The summed E-state index contributed by atoms with van der Waals surface area (Å²) in [7, 11) is 0. The van der Waals surface area contributed by atoms with E-state index in [1.807, 2.05) is 36.4 Å². The minimum Gasteiger partial charge on any atom is -0.356 e. The molecule has 26 heavy (non-hydrogen) atoms. The van der Waals surface area contributed by atoms with Crippen LogP contribution in [0, 0.1) is 18.6 Å². The second kappa shape index (κ2) is 6.75.